The Morgan fingerprint density at radius 1 is 1.08 bits per heavy atom. The van der Waals surface area contributed by atoms with Gasteiger partial charge in [-0.15, -0.1) is 0 Å². The zero-order valence-electron chi connectivity index (χ0n) is 14.9. The maximum atomic E-state index is 5.96. The summed E-state index contributed by atoms with van der Waals surface area (Å²) in [5, 5.41) is 6.58. The van der Waals surface area contributed by atoms with E-state index in [1.165, 1.54) is 5.56 Å². The third-order valence-corrected chi connectivity index (χ3v) is 4.12. The van der Waals surface area contributed by atoms with Crippen molar-refractivity contribution in [3.63, 3.8) is 0 Å². The molecule has 0 fully saturated rings. The summed E-state index contributed by atoms with van der Waals surface area (Å²) in [6, 6.07) is 14.2. The van der Waals surface area contributed by atoms with Crippen molar-refractivity contribution in [2.45, 2.75) is 27.0 Å². The summed E-state index contributed by atoms with van der Waals surface area (Å²) in [6.45, 7) is 5.69. The smallest absolute Gasteiger partial charge is 0.214 e. The second-order valence-electron chi connectivity index (χ2n) is 5.85. The number of ether oxygens (including phenoxy) is 2. The highest BCUT2D eigenvalue weighted by Crippen LogP contribution is 2.29. The molecule has 6 nitrogen and oxygen atoms in total. The number of rotatable bonds is 8. The third-order valence-electron chi connectivity index (χ3n) is 3.83. The number of aromatic nitrogens is 3. The van der Waals surface area contributed by atoms with Gasteiger partial charge in [0, 0.05) is 0 Å². The van der Waals surface area contributed by atoms with Crippen molar-refractivity contribution < 1.29 is 9.47 Å². The molecule has 3 rings (SSSR count). The Bertz CT molecular complexity index is 902. The van der Waals surface area contributed by atoms with Crippen molar-refractivity contribution in [3.05, 3.63) is 70.3 Å². The van der Waals surface area contributed by atoms with E-state index in [0.29, 0.717) is 24.5 Å². The molecule has 0 saturated heterocycles. The SMILES string of the molecule is CCOc1cc(CNn2cn[nH]c2=S)ccc1OCc1ccc(C)cc1. The fourth-order valence-electron chi connectivity index (χ4n) is 2.43. The Balaban J connectivity index is 1.68. The molecule has 0 unspecified atom stereocenters. The first kappa shape index (κ1) is 18.0. The molecule has 7 heteroatoms. The van der Waals surface area contributed by atoms with E-state index in [4.69, 9.17) is 21.7 Å². The number of hydrogen-bond acceptors (Lipinski definition) is 5. The molecule has 2 aromatic carbocycles. The van der Waals surface area contributed by atoms with Gasteiger partial charge < -0.3 is 14.9 Å². The van der Waals surface area contributed by atoms with Crippen LogP contribution in [0, 0.1) is 11.7 Å². The highest BCUT2D eigenvalue weighted by atomic mass is 32.1. The molecule has 0 amide bonds. The number of hydrogen-bond donors (Lipinski definition) is 2. The monoisotopic (exact) mass is 370 g/mol. The Morgan fingerprint density at radius 2 is 1.85 bits per heavy atom. The van der Waals surface area contributed by atoms with E-state index in [-0.39, 0.29) is 0 Å². The number of H-pyrrole nitrogens is 1. The molecule has 0 atom stereocenters. The fourth-order valence-corrected chi connectivity index (χ4v) is 2.60. The molecule has 1 aromatic heterocycles. The van der Waals surface area contributed by atoms with Gasteiger partial charge in [0.05, 0.1) is 13.2 Å². The highest BCUT2D eigenvalue weighted by molar-refractivity contribution is 7.71. The number of aryl methyl sites for hydroxylation is 1. The fraction of sp³-hybridized carbons (Fsp3) is 0.263. The Labute approximate surface area is 157 Å². The van der Waals surface area contributed by atoms with Crippen LogP contribution in [0.2, 0.25) is 0 Å². The first-order valence-corrected chi connectivity index (χ1v) is 8.86. The maximum Gasteiger partial charge on any atom is 0.214 e. The topological polar surface area (TPSA) is 64.1 Å². The molecule has 1 heterocycles. The standard InChI is InChI=1S/C19H22N4O2S/c1-3-24-18-10-16(11-21-23-13-20-22-19(23)26)8-9-17(18)25-12-15-6-4-14(2)5-7-15/h4-10,13,21H,3,11-12H2,1-2H3,(H,22,26). The van der Waals surface area contributed by atoms with Crippen molar-refractivity contribution in [2.75, 3.05) is 12.0 Å². The van der Waals surface area contributed by atoms with Crippen molar-refractivity contribution in [3.8, 4) is 11.5 Å². The van der Waals surface area contributed by atoms with Gasteiger partial charge in [-0.3, -0.25) is 5.10 Å². The molecule has 0 saturated carbocycles. The second kappa shape index (κ2) is 8.53. The molecule has 0 bridgehead atoms. The molecule has 2 N–H and O–H groups in total. The minimum Gasteiger partial charge on any atom is -0.490 e. The zero-order valence-corrected chi connectivity index (χ0v) is 15.7. The maximum absolute atomic E-state index is 5.96. The van der Waals surface area contributed by atoms with E-state index in [9.17, 15) is 0 Å². The van der Waals surface area contributed by atoms with Crippen molar-refractivity contribution in [1.82, 2.24) is 14.9 Å². The van der Waals surface area contributed by atoms with Crippen LogP contribution < -0.4 is 14.9 Å². The summed E-state index contributed by atoms with van der Waals surface area (Å²) in [5.74, 6) is 1.46. The lowest BCUT2D eigenvalue weighted by Crippen LogP contribution is -2.13. The number of nitrogens with one attached hydrogen (secondary N) is 2. The predicted octanol–water partition coefficient (Wildman–Crippen LogP) is 3.97. The largest absolute Gasteiger partial charge is 0.490 e. The molecule has 3 aromatic rings. The number of nitrogens with zero attached hydrogens (tertiary/aromatic N) is 2. The van der Waals surface area contributed by atoms with Crippen molar-refractivity contribution >= 4 is 12.2 Å². The lowest BCUT2D eigenvalue weighted by molar-refractivity contribution is 0.269. The summed E-state index contributed by atoms with van der Waals surface area (Å²) in [5.41, 5.74) is 6.60. The van der Waals surface area contributed by atoms with E-state index < -0.39 is 0 Å². The summed E-state index contributed by atoms with van der Waals surface area (Å²) in [4.78, 5) is 0. The first-order chi connectivity index (χ1) is 12.7. The number of aromatic amines is 1. The Hall–Kier alpha value is -2.80. The van der Waals surface area contributed by atoms with Crippen molar-refractivity contribution in [2.24, 2.45) is 0 Å². The Morgan fingerprint density at radius 3 is 2.54 bits per heavy atom. The second-order valence-corrected chi connectivity index (χ2v) is 6.24. The van der Waals surface area contributed by atoms with E-state index in [1.54, 1.807) is 11.0 Å². The number of benzene rings is 2. The average Bonchev–Trinajstić information content (AvgIpc) is 3.06. The molecule has 0 radical (unpaired) electrons. The summed E-state index contributed by atoms with van der Waals surface area (Å²) < 4.78 is 13.9. The van der Waals surface area contributed by atoms with E-state index in [0.717, 1.165) is 22.6 Å². The molecule has 0 aliphatic rings. The van der Waals surface area contributed by atoms with Gasteiger partial charge in [0.25, 0.3) is 0 Å². The van der Waals surface area contributed by atoms with Crippen LogP contribution in [0.1, 0.15) is 23.6 Å². The van der Waals surface area contributed by atoms with E-state index in [2.05, 4.69) is 46.8 Å². The van der Waals surface area contributed by atoms with Crippen LogP contribution in [0.5, 0.6) is 11.5 Å². The van der Waals surface area contributed by atoms with Gasteiger partial charge in [0.15, 0.2) is 11.5 Å². The van der Waals surface area contributed by atoms with Crippen LogP contribution >= 0.6 is 12.2 Å². The van der Waals surface area contributed by atoms with E-state index in [1.807, 2.05) is 25.1 Å². The highest BCUT2D eigenvalue weighted by Gasteiger charge is 2.07. The normalized spacial score (nSPS) is 10.5. The average molecular weight is 370 g/mol. The van der Waals surface area contributed by atoms with Crippen LogP contribution in [0.4, 0.5) is 0 Å². The molecular formula is C19H22N4O2S. The van der Waals surface area contributed by atoms with Gasteiger partial charge in [0.1, 0.15) is 12.9 Å². The van der Waals surface area contributed by atoms with Crippen LogP contribution in [0.3, 0.4) is 0 Å². The molecule has 0 aliphatic carbocycles. The minimum atomic E-state index is 0.502. The van der Waals surface area contributed by atoms with E-state index >= 15 is 0 Å². The van der Waals surface area contributed by atoms with Crippen LogP contribution in [0.15, 0.2) is 48.8 Å². The first-order valence-electron chi connectivity index (χ1n) is 8.45. The van der Waals surface area contributed by atoms with Gasteiger partial charge in [-0.1, -0.05) is 35.9 Å². The minimum absolute atomic E-state index is 0.502. The van der Waals surface area contributed by atoms with Crippen molar-refractivity contribution in [1.29, 1.82) is 0 Å². The lowest BCUT2D eigenvalue weighted by atomic mass is 10.1. The zero-order chi connectivity index (χ0) is 18.4. The van der Waals surface area contributed by atoms with Crippen LogP contribution in [-0.2, 0) is 13.2 Å². The van der Waals surface area contributed by atoms with Gasteiger partial charge >= 0.3 is 0 Å². The quantitative estimate of drug-likeness (QED) is 0.588. The molecule has 26 heavy (non-hydrogen) atoms. The van der Waals surface area contributed by atoms with Crippen LogP contribution in [-0.4, -0.2) is 21.5 Å². The predicted molar refractivity (Wildman–Crippen MR) is 104 cm³/mol. The molecule has 136 valence electrons. The summed E-state index contributed by atoms with van der Waals surface area (Å²) in [6.07, 6.45) is 1.60. The van der Waals surface area contributed by atoms with Gasteiger partial charge in [-0.25, -0.2) is 4.68 Å². The summed E-state index contributed by atoms with van der Waals surface area (Å²) in [7, 11) is 0. The molecule has 0 spiro atoms. The van der Waals surface area contributed by atoms with Crippen LogP contribution in [0.25, 0.3) is 0 Å². The van der Waals surface area contributed by atoms with Gasteiger partial charge in [-0.05, 0) is 49.3 Å². The van der Waals surface area contributed by atoms with Gasteiger partial charge in [-0.2, -0.15) is 5.10 Å². The van der Waals surface area contributed by atoms with Gasteiger partial charge in [0.2, 0.25) is 4.77 Å². The lowest BCUT2D eigenvalue weighted by Gasteiger charge is -2.14. The summed E-state index contributed by atoms with van der Waals surface area (Å²) >= 11 is 5.12. The molecular weight excluding hydrogens is 348 g/mol. The third kappa shape index (κ3) is 4.64. The Kier molecular flexibility index (Phi) is 5.91. The molecule has 0 aliphatic heterocycles.